The zero-order valence-corrected chi connectivity index (χ0v) is 13.0. The minimum absolute atomic E-state index is 0.0291. The SMILES string of the molecule is Cc1cc(C(=O)CCC(=O)NCCC(C)C)c(C)s1. The number of carbonyl (C=O) groups is 2. The summed E-state index contributed by atoms with van der Waals surface area (Å²) in [6.45, 7) is 8.89. The second kappa shape index (κ2) is 7.43. The average molecular weight is 281 g/mol. The van der Waals surface area contributed by atoms with Crippen LogP contribution in [0.3, 0.4) is 0 Å². The van der Waals surface area contributed by atoms with Crippen LogP contribution in [0.25, 0.3) is 0 Å². The van der Waals surface area contributed by atoms with E-state index in [9.17, 15) is 9.59 Å². The maximum Gasteiger partial charge on any atom is 0.220 e. The molecule has 0 bridgehead atoms. The number of aryl methyl sites for hydroxylation is 2. The van der Waals surface area contributed by atoms with Crippen LogP contribution in [0.5, 0.6) is 0 Å². The van der Waals surface area contributed by atoms with Gasteiger partial charge in [-0.25, -0.2) is 0 Å². The van der Waals surface area contributed by atoms with Crippen molar-refractivity contribution in [2.75, 3.05) is 6.54 Å². The molecule has 0 aliphatic carbocycles. The van der Waals surface area contributed by atoms with E-state index in [1.54, 1.807) is 11.3 Å². The van der Waals surface area contributed by atoms with Crippen molar-refractivity contribution in [1.29, 1.82) is 0 Å². The van der Waals surface area contributed by atoms with Gasteiger partial charge in [-0.2, -0.15) is 0 Å². The first-order valence-electron chi connectivity index (χ1n) is 6.77. The van der Waals surface area contributed by atoms with E-state index in [1.807, 2.05) is 19.9 Å². The molecule has 0 saturated heterocycles. The molecule has 0 aromatic carbocycles. The first-order valence-corrected chi connectivity index (χ1v) is 7.58. The molecule has 1 aromatic rings. The summed E-state index contributed by atoms with van der Waals surface area (Å²) in [7, 11) is 0. The van der Waals surface area contributed by atoms with Crippen LogP contribution in [0.15, 0.2) is 6.07 Å². The Balaban J connectivity index is 2.34. The maximum atomic E-state index is 12.0. The molecule has 0 aliphatic heterocycles. The molecule has 3 nitrogen and oxygen atoms in total. The molecular weight excluding hydrogens is 258 g/mol. The van der Waals surface area contributed by atoms with E-state index in [2.05, 4.69) is 19.2 Å². The summed E-state index contributed by atoms with van der Waals surface area (Å²) in [6.07, 6.45) is 1.55. The smallest absolute Gasteiger partial charge is 0.220 e. The Morgan fingerprint density at radius 3 is 2.47 bits per heavy atom. The Kier molecular flexibility index (Phi) is 6.22. The summed E-state index contributed by atoms with van der Waals surface area (Å²) in [5.74, 6) is 0.623. The molecule has 1 aromatic heterocycles. The Morgan fingerprint density at radius 1 is 1.26 bits per heavy atom. The van der Waals surface area contributed by atoms with Gasteiger partial charge in [0.25, 0.3) is 0 Å². The summed E-state index contributed by atoms with van der Waals surface area (Å²) in [5, 5.41) is 2.85. The Labute approximate surface area is 119 Å². The highest BCUT2D eigenvalue weighted by Gasteiger charge is 2.13. The van der Waals surface area contributed by atoms with Gasteiger partial charge in [0.15, 0.2) is 5.78 Å². The molecule has 0 spiro atoms. The third kappa shape index (κ3) is 5.55. The van der Waals surface area contributed by atoms with Crippen molar-refractivity contribution >= 4 is 23.0 Å². The topological polar surface area (TPSA) is 46.2 Å². The van der Waals surface area contributed by atoms with Crippen molar-refractivity contribution in [3.8, 4) is 0 Å². The fourth-order valence-corrected chi connectivity index (χ4v) is 2.80. The number of thiophene rings is 1. The molecule has 4 heteroatoms. The predicted octanol–water partition coefficient (Wildman–Crippen LogP) is 3.49. The number of Topliss-reactive ketones (excluding diaryl/α,β-unsaturated/α-hetero) is 1. The Hall–Kier alpha value is -1.16. The van der Waals surface area contributed by atoms with E-state index in [4.69, 9.17) is 0 Å². The van der Waals surface area contributed by atoms with Gasteiger partial charge in [0.05, 0.1) is 0 Å². The van der Waals surface area contributed by atoms with Crippen LogP contribution in [-0.4, -0.2) is 18.2 Å². The summed E-state index contributed by atoms with van der Waals surface area (Å²) in [6, 6.07) is 1.92. The molecule has 19 heavy (non-hydrogen) atoms. The molecule has 0 saturated carbocycles. The van der Waals surface area contributed by atoms with Gasteiger partial charge in [0.2, 0.25) is 5.91 Å². The van der Waals surface area contributed by atoms with E-state index in [-0.39, 0.29) is 18.1 Å². The molecule has 1 rings (SSSR count). The van der Waals surface area contributed by atoms with Gasteiger partial charge in [-0.15, -0.1) is 11.3 Å². The van der Waals surface area contributed by atoms with Crippen molar-refractivity contribution in [3.05, 3.63) is 21.4 Å². The van der Waals surface area contributed by atoms with Gasteiger partial charge in [-0.1, -0.05) is 13.8 Å². The van der Waals surface area contributed by atoms with Crippen molar-refractivity contribution in [2.45, 2.75) is 47.0 Å². The van der Waals surface area contributed by atoms with Crippen molar-refractivity contribution in [2.24, 2.45) is 5.92 Å². The number of hydrogen-bond acceptors (Lipinski definition) is 3. The quantitative estimate of drug-likeness (QED) is 0.778. The van der Waals surface area contributed by atoms with Gasteiger partial charge in [0.1, 0.15) is 0 Å². The lowest BCUT2D eigenvalue weighted by Crippen LogP contribution is -2.25. The molecule has 0 unspecified atom stereocenters. The molecule has 106 valence electrons. The maximum absolute atomic E-state index is 12.0. The van der Waals surface area contributed by atoms with Crippen molar-refractivity contribution < 1.29 is 9.59 Å². The highest BCUT2D eigenvalue weighted by Crippen LogP contribution is 2.22. The summed E-state index contributed by atoms with van der Waals surface area (Å²) in [5.41, 5.74) is 0.775. The normalized spacial score (nSPS) is 10.8. The molecule has 1 heterocycles. The van der Waals surface area contributed by atoms with E-state index in [1.165, 1.54) is 0 Å². The lowest BCUT2D eigenvalue weighted by molar-refractivity contribution is -0.121. The Morgan fingerprint density at radius 2 is 1.95 bits per heavy atom. The number of rotatable bonds is 7. The van der Waals surface area contributed by atoms with E-state index < -0.39 is 0 Å². The highest BCUT2D eigenvalue weighted by atomic mass is 32.1. The third-order valence-corrected chi connectivity index (χ3v) is 3.93. The van der Waals surface area contributed by atoms with E-state index in [0.29, 0.717) is 18.9 Å². The molecule has 0 radical (unpaired) electrons. The minimum Gasteiger partial charge on any atom is -0.356 e. The summed E-state index contributed by atoms with van der Waals surface area (Å²) >= 11 is 1.63. The number of hydrogen-bond donors (Lipinski definition) is 1. The van der Waals surface area contributed by atoms with Gasteiger partial charge >= 0.3 is 0 Å². The monoisotopic (exact) mass is 281 g/mol. The first-order chi connectivity index (χ1) is 8.90. The van der Waals surface area contributed by atoms with Crippen LogP contribution in [0.4, 0.5) is 0 Å². The molecular formula is C15H23NO2S. The number of amides is 1. The van der Waals surface area contributed by atoms with E-state index in [0.717, 1.165) is 21.7 Å². The van der Waals surface area contributed by atoms with Crippen LogP contribution >= 0.6 is 11.3 Å². The molecule has 1 amide bonds. The third-order valence-electron chi connectivity index (χ3n) is 2.96. The summed E-state index contributed by atoms with van der Waals surface area (Å²) < 4.78 is 0. The number of ketones is 1. The lowest BCUT2D eigenvalue weighted by Gasteiger charge is -2.06. The Bertz CT molecular complexity index is 449. The largest absolute Gasteiger partial charge is 0.356 e. The van der Waals surface area contributed by atoms with E-state index >= 15 is 0 Å². The average Bonchev–Trinajstić information content (AvgIpc) is 2.65. The van der Waals surface area contributed by atoms with Crippen LogP contribution < -0.4 is 5.32 Å². The van der Waals surface area contributed by atoms with Gasteiger partial charge < -0.3 is 5.32 Å². The second-order valence-electron chi connectivity index (χ2n) is 5.28. The first kappa shape index (κ1) is 15.9. The van der Waals surface area contributed by atoms with Crippen LogP contribution in [0.1, 0.15) is 53.2 Å². The van der Waals surface area contributed by atoms with Crippen LogP contribution in [0.2, 0.25) is 0 Å². The molecule has 0 atom stereocenters. The number of carbonyl (C=O) groups excluding carboxylic acids is 2. The van der Waals surface area contributed by atoms with Gasteiger partial charge in [-0.05, 0) is 32.3 Å². The fraction of sp³-hybridized carbons (Fsp3) is 0.600. The molecule has 0 aliphatic rings. The fourth-order valence-electron chi connectivity index (χ4n) is 1.86. The summed E-state index contributed by atoms with van der Waals surface area (Å²) in [4.78, 5) is 25.8. The second-order valence-corrected chi connectivity index (χ2v) is 6.74. The molecule has 0 fully saturated rings. The van der Waals surface area contributed by atoms with Crippen LogP contribution in [-0.2, 0) is 4.79 Å². The van der Waals surface area contributed by atoms with Crippen molar-refractivity contribution in [1.82, 2.24) is 5.32 Å². The highest BCUT2D eigenvalue weighted by molar-refractivity contribution is 7.12. The van der Waals surface area contributed by atoms with Gasteiger partial charge in [-0.3, -0.25) is 9.59 Å². The lowest BCUT2D eigenvalue weighted by atomic mass is 10.1. The minimum atomic E-state index is -0.0291. The zero-order chi connectivity index (χ0) is 14.4. The molecule has 1 N–H and O–H groups in total. The van der Waals surface area contributed by atoms with Crippen molar-refractivity contribution in [3.63, 3.8) is 0 Å². The van der Waals surface area contributed by atoms with Gasteiger partial charge in [0, 0.05) is 34.7 Å². The predicted molar refractivity (Wildman–Crippen MR) is 79.8 cm³/mol. The standard InChI is InChI=1S/C15H23NO2S/c1-10(2)7-8-16-15(18)6-5-14(17)13-9-11(3)19-12(13)4/h9-10H,5-8H2,1-4H3,(H,16,18). The number of nitrogens with one attached hydrogen (secondary N) is 1. The van der Waals surface area contributed by atoms with Crippen LogP contribution in [0, 0.1) is 19.8 Å². The zero-order valence-electron chi connectivity index (χ0n) is 12.2.